The van der Waals surface area contributed by atoms with Gasteiger partial charge in [0.2, 0.25) is 0 Å². The molecular weight excluding hydrogens is 250 g/mol. The summed E-state index contributed by atoms with van der Waals surface area (Å²) in [7, 11) is 0. The van der Waals surface area contributed by atoms with Crippen LogP contribution in [-0.4, -0.2) is 26.3 Å². The van der Waals surface area contributed by atoms with Crippen molar-refractivity contribution in [3.8, 4) is 5.82 Å². The number of nitrogens with zero attached hydrogens (tertiary/aromatic N) is 4. The second-order valence-electron chi connectivity index (χ2n) is 5.38. The highest BCUT2D eigenvalue weighted by Crippen LogP contribution is 2.30. The lowest BCUT2D eigenvalue weighted by Gasteiger charge is -2.23. The van der Waals surface area contributed by atoms with Crippen molar-refractivity contribution in [3.63, 3.8) is 0 Å². The smallest absolute Gasteiger partial charge is 0.157 e. The third-order valence-corrected chi connectivity index (χ3v) is 3.80. The van der Waals surface area contributed by atoms with Crippen molar-refractivity contribution in [3.05, 3.63) is 35.0 Å². The summed E-state index contributed by atoms with van der Waals surface area (Å²) in [6.45, 7) is 7.06. The van der Waals surface area contributed by atoms with Crippen LogP contribution in [-0.2, 0) is 6.42 Å². The third kappa shape index (κ3) is 2.33. The lowest BCUT2D eigenvalue weighted by atomic mass is 9.93. The molecule has 5 nitrogen and oxygen atoms in total. The van der Waals surface area contributed by atoms with E-state index < -0.39 is 0 Å². The van der Waals surface area contributed by atoms with Crippen LogP contribution < -0.4 is 5.32 Å². The van der Waals surface area contributed by atoms with E-state index in [9.17, 15) is 0 Å². The SMILES string of the molecule is CCNC1CCCc2c1cnn2-c1cc(C)nc(C)n1. The number of aromatic nitrogens is 4. The molecule has 2 heterocycles. The zero-order valence-corrected chi connectivity index (χ0v) is 12.3. The average Bonchev–Trinajstić information content (AvgIpc) is 2.83. The molecule has 3 rings (SSSR count). The topological polar surface area (TPSA) is 55.6 Å². The van der Waals surface area contributed by atoms with Crippen LogP contribution in [0.1, 0.15) is 48.6 Å². The van der Waals surface area contributed by atoms with Crippen LogP contribution in [0.2, 0.25) is 0 Å². The lowest BCUT2D eigenvalue weighted by molar-refractivity contribution is 0.466. The number of aryl methyl sites for hydroxylation is 2. The van der Waals surface area contributed by atoms with Crippen molar-refractivity contribution in [2.75, 3.05) is 6.54 Å². The van der Waals surface area contributed by atoms with E-state index in [1.54, 1.807) is 0 Å². The van der Waals surface area contributed by atoms with Gasteiger partial charge in [-0.05, 0) is 39.7 Å². The second kappa shape index (κ2) is 5.32. The number of hydrogen-bond donors (Lipinski definition) is 1. The Kier molecular flexibility index (Phi) is 3.53. The molecule has 1 aliphatic rings. The quantitative estimate of drug-likeness (QED) is 0.930. The first-order valence-corrected chi connectivity index (χ1v) is 7.32. The highest BCUT2D eigenvalue weighted by Gasteiger charge is 2.24. The first kappa shape index (κ1) is 13.2. The molecule has 5 heteroatoms. The molecular formula is C15H21N5. The molecule has 1 N–H and O–H groups in total. The normalized spacial score (nSPS) is 18.1. The molecule has 0 aromatic carbocycles. The minimum absolute atomic E-state index is 0.432. The van der Waals surface area contributed by atoms with Gasteiger partial charge < -0.3 is 5.32 Å². The molecule has 0 bridgehead atoms. The fraction of sp³-hybridized carbons (Fsp3) is 0.533. The Hall–Kier alpha value is -1.75. The number of hydrogen-bond acceptors (Lipinski definition) is 4. The lowest BCUT2D eigenvalue weighted by Crippen LogP contribution is -2.25. The van der Waals surface area contributed by atoms with E-state index in [0.717, 1.165) is 30.3 Å². The van der Waals surface area contributed by atoms with Gasteiger partial charge in [0.15, 0.2) is 5.82 Å². The summed E-state index contributed by atoms with van der Waals surface area (Å²) in [5.74, 6) is 1.68. The Morgan fingerprint density at radius 2 is 2.20 bits per heavy atom. The molecule has 0 aliphatic heterocycles. The molecule has 0 spiro atoms. The zero-order chi connectivity index (χ0) is 14.1. The van der Waals surface area contributed by atoms with Crippen LogP contribution >= 0.6 is 0 Å². The van der Waals surface area contributed by atoms with Gasteiger partial charge in [-0.2, -0.15) is 5.10 Å². The Bertz CT molecular complexity index is 596. The van der Waals surface area contributed by atoms with Crippen LogP contribution in [0.25, 0.3) is 5.82 Å². The van der Waals surface area contributed by atoms with Crippen molar-refractivity contribution in [2.24, 2.45) is 0 Å². The fourth-order valence-electron chi connectivity index (χ4n) is 3.02. The molecule has 106 valence electrons. The van der Waals surface area contributed by atoms with Gasteiger partial charge >= 0.3 is 0 Å². The van der Waals surface area contributed by atoms with Crippen molar-refractivity contribution >= 4 is 0 Å². The maximum atomic E-state index is 4.57. The van der Waals surface area contributed by atoms with Crippen molar-refractivity contribution in [2.45, 2.75) is 46.1 Å². The molecule has 0 radical (unpaired) electrons. The van der Waals surface area contributed by atoms with Crippen LogP contribution in [0.3, 0.4) is 0 Å². The maximum absolute atomic E-state index is 4.57. The summed E-state index contributed by atoms with van der Waals surface area (Å²) >= 11 is 0. The van der Waals surface area contributed by atoms with Gasteiger partial charge in [0.1, 0.15) is 5.82 Å². The van der Waals surface area contributed by atoms with Gasteiger partial charge in [-0.15, -0.1) is 0 Å². The summed E-state index contributed by atoms with van der Waals surface area (Å²) in [5.41, 5.74) is 3.60. The summed E-state index contributed by atoms with van der Waals surface area (Å²) in [6.07, 6.45) is 5.45. The van der Waals surface area contributed by atoms with E-state index >= 15 is 0 Å². The van der Waals surface area contributed by atoms with E-state index in [1.807, 2.05) is 30.8 Å². The Morgan fingerprint density at radius 1 is 1.35 bits per heavy atom. The van der Waals surface area contributed by atoms with Gasteiger partial charge in [0.05, 0.1) is 11.9 Å². The molecule has 2 aromatic heterocycles. The number of rotatable bonds is 3. The largest absolute Gasteiger partial charge is 0.310 e. The predicted molar refractivity (Wildman–Crippen MR) is 78.0 cm³/mol. The minimum Gasteiger partial charge on any atom is -0.310 e. The summed E-state index contributed by atoms with van der Waals surface area (Å²) in [5, 5.41) is 8.11. The summed E-state index contributed by atoms with van der Waals surface area (Å²) < 4.78 is 1.99. The second-order valence-corrected chi connectivity index (χ2v) is 5.38. The molecule has 1 unspecified atom stereocenters. The van der Waals surface area contributed by atoms with Crippen LogP contribution in [0.5, 0.6) is 0 Å². The maximum Gasteiger partial charge on any atom is 0.157 e. The predicted octanol–water partition coefficient (Wildman–Crippen LogP) is 2.27. The standard InChI is InChI=1S/C15H21N5/c1-4-16-13-6-5-7-14-12(13)9-17-20(14)15-8-10(2)18-11(3)19-15/h8-9,13,16H,4-7H2,1-3H3. The fourth-order valence-corrected chi connectivity index (χ4v) is 3.02. The van der Waals surface area contributed by atoms with E-state index in [2.05, 4.69) is 27.3 Å². The number of fused-ring (bicyclic) bond motifs is 1. The molecule has 1 atom stereocenters. The highest BCUT2D eigenvalue weighted by molar-refractivity contribution is 5.33. The molecule has 0 saturated carbocycles. The van der Waals surface area contributed by atoms with Crippen LogP contribution in [0, 0.1) is 13.8 Å². The Morgan fingerprint density at radius 3 is 2.95 bits per heavy atom. The van der Waals surface area contributed by atoms with Gasteiger partial charge in [0.25, 0.3) is 0 Å². The van der Waals surface area contributed by atoms with Crippen molar-refractivity contribution in [1.82, 2.24) is 25.1 Å². The molecule has 2 aromatic rings. The summed E-state index contributed by atoms with van der Waals surface area (Å²) in [4.78, 5) is 8.86. The first-order chi connectivity index (χ1) is 9.69. The monoisotopic (exact) mass is 271 g/mol. The Balaban J connectivity index is 2.03. The van der Waals surface area contributed by atoms with Crippen molar-refractivity contribution < 1.29 is 0 Å². The first-order valence-electron chi connectivity index (χ1n) is 7.32. The van der Waals surface area contributed by atoms with Gasteiger partial charge in [-0.1, -0.05) is 6.92 Å². The molecule has 0 amide bonds. The van der Waals surface area contributed by atoms with Gasteiger partial charge in [0, 0.05) is 23.4 Å². The van der Waals surface area contributed by atoms with E-state index in [0.29, 0.717) is 6.04 Å². The molecule has 0 saturated heterocycles. The van der Waals surface area contributed by atoms with E-state index in [-0.39, 0.29) is 0 Å². The van der Waals surface area contributed by atoms with Crippen LogP contribution in [0.4, 0.5) is 0 Å². The van der Waals surface area contributed by atoms with Gasteiger partial charge in [-0.25, -0.2) is 14.6 Å². The van der Waals surface area contributed by atoms with E-state index in [4.69, 9.17) is 0 Å². The van der Waals surface area contributed by atoms with Crippen molar-refractivity contribution in [1.29, 1.82) is 0 Å². The van der Waals surface area contributed by atoms with Gasteiger partial charge in [-0.3, -0.25) is 0 Å². The van der Waals surface area contributed by atoms with Crippen LogP contribution in [0.15, 0.2) is 12.3 Å². The van der Waals surface area contributed by atoms with E-state index in [1.165, 1.54) is 24.1 Å². The average molecular weight is 271 g/mol. The highest BCUT2D eigenvalue weighted by atomic mass is 15.3. The molecule has 0 fully saturated rings. The molecule has 1 aliphatic carbocycles. The minimum atomic E-state index is 0.432. The third-order valence-electron chi connectivity index (χ3n) is 3.80. The molecule has 20 heavy (non-hydrogen) atoms. The summed E-state index contributed by atoms with van der Waals surface area (Å²) in [6, 6.07) is 2.43. The zero-order valence-electron chi connectivity index (χ0n) is 12.3. The Labute approximate surface area is 119 Å². The number of nitrogens with one attached hydrogen (secondary N) is 1.